The van der Waals surface area contributed by atoms with Gasteiger partial charge in [0.2, 0.25) is 0 Å². The van der Waals surface area contributed by atoms with E-state index >= 15 is 0 Å². The molecule has 262 valence electrons. The number of nitrogens with one attached hydrogen (secondary N) is 1. The Kier molecular flexibility index (Phi) is 9.46. The smallest absolute Gasteiger partial charge is 0.416 e. The van der Waals surface area contributed by atoms with Gasteiger partial charge in [-0.15, -0.1) is 0 Å². The van der Waals surface area contributed by atoms with Gasteiger partial charge >= 0.3 is 12.1 Å². The van der Waals surface area contributed by atoms with E-state index in [1.165, 1.54) is 34.7 Å². The Morgan fingerprint density at radius 1 is 0.980 bits per heavy atom. The third kappa shape index (κ3) is 7.09. The molecule has 0 unspecified atom stereocenters. The topological polar surface area (TPSA) is 105 Å². The minimum absolute atomic E-state index is 0.0698. The number of hydrogen-bond donors (Lipinski definition) is 1. The summed E-state index contributed by atoms with van der Waals surface area (Å²) in [5.41, 5.74) is -0.639. The first-order chi connectivity index (χ1) is 23.8. The summed E-state index contributed by atoms with van der Waals surface area (Å²) in [7, 11) is 5.82. The van der Waals surface area contributed by atoms with Crippen molar-refractivity contribution in [2.75, 3.05) is 27.2 Å². The molecule has 0 radical (unpaired) electrons. The van der Waals surface area contributed by atoms with Gasteiger partial charge in [0.25, 0.3) is 11.5 Å². The summed E-state index contributed by atoms with van der Waals surface area (Å²) in [4.78, 5) is 44.6. The first-order valence-electron chi connectivity index (χ1n) is 16.6. The highest BCUT2D eigenvalue weighted by atomic mass is 19.4. The van der Waals surface area contributed by atoms with Crippen molar-refractivity contribution in [1.29, 1.82) is 0 Å². The number of hydrogen-bond acceptors (Lipinski definition) is 5. The fourth-order valence-electron chi connectivity index (χ4n) is 6.92. The fraction of sp³-hybridized carbons (Fsp3) is 0.417. The maximum atomic E-state index is 14.1. The fourth-order valence-corrected chi connectivity index (χ4v) is 6.92. The highest BCUT2D eigenvalue weighted by Gasteiger charge is 2.35. The Morgan fingerprint density at radius 3 is 2.30 bits per heavy atom. The van der Waals surface area contributed by atoms with Gasteiger partial charge in [-0.25, -0.2) is 14.2 Å². The molecule has 6 rings (SSSR count). The van der Waals surface area contributed by atoms with Crippen LogP contribution in [0.15, 0.2) is 65.6 Å². The summed E-state index contributed by atoms with van der Waals surface area (Å²) in [6.45, 7) is 9.15. The Hall–Kier alpha value is -5.16. The number of amides is 1. The van der Waals surface area contributed by atoms with E-state index in [-0.39, 0.29) is 41.0 Å². The highest BCUT2D eigenvalue weighted by Crippen LogP contribution is 2.32. The zero-order chi connectivity index (χ0) is 35.8. The summed E-state index contributed by atoms with van der Waals surface area (Å²) >= 11 is 0. The molecular weight excluding hydrogens is 651 g/mol. The van der Waals surface area contributed by atoms with Crippen molar-refractivity contribution >= 4 is 17.6 Å². The second kappa shape index (κ2) is 13.6. The van der Waals surface area contributed by atoms with Gasteiger partial charge in [0.1, 0.15) is 17.4 Å². The maximum Gasteiger partial charge on any atom is 0.416 e. The molecular formula is C36H39F3N7O4+. The summed E-state index contributed by atoms with van der Waals surface area (Å²) in [6.07, 6.45) is 0.426. The van der Waals surface area contributed by atoms with Crippen molar-refractivity contribution in [3.05, 3.63) is 93.7 Å². The number of nitrogens with zero attached hydrogens (tertiary/aromatic N) is 6. The van der Waals surface area contributed by atoms with Crippen LogP contribution in [0.1, 0.15) is 54.4 Å². The van der Waals surface area contributed by atoms with Crippen molar-refractivity contribution in [3.8, 4) is 22.8 Å². The lowest BCUT2D eigenvalue weighted by Crippen LogP contribution is -2.48. The molecule has 0 atom stereocenters. The van der Waals surface area contributed by atoms with Crippen molar-refractivity contribution < 1.29 is 32.0 Å². The number of carbonyl (C=O) groups is 2. The maximum absolute atomic E-state index is 14.1. The molecule has 50 heavy (non-hydrogen) atoms. The standard InChI is InChI=1S/C36H38F3N7O4/c1-40-25-12-14-27(15-13-25)44-30(16-19-41-44)32-31(34(48)45(43(32)2)28-7-5-6-24(22-28)36(37,38)39)33(47)42-26-10-8-23(9-11-26)35(49)50-29-17-20-46(3,4)21-18-29/h5-7,12-16,19,22-23,26,29H,8-11,17-18,20-21H2,2-4H3/p+1. The predicted octanol–water partition coefficient (Wildman–Crippen LogP) is 5.67. The molecule has 4 aromatic rings. The van der Waals surface area contributed by atoms with Gasteiger partial charge in [-0.05, 0) is 62.1 Å². The number of halogens is 3. The largest absolute Gasteiger partial charge is 0.462 e. The van der Waals surface area contributed by atoms with Crippen LogP contribution in [0, 0.1) is 12.5 Å². The quantitative estimate of drug-likeness (QED) is 0.153. The number of alkyl halides is 3. The number of esters is 1. The molecule has 0 bridgehead atoms. The number of benzene rings is 2. The van der Waals surface area contributed by atoms with Crippen molar-refractivity contribution in [2.24, 2.45) is 13.0 Å². The SMILES string of the molecule is [C-]#[N+]c1ccc(-n2nccc2-c2c(C(=O)NC3CCC(C(=O)OC4CC[N+](C)(C)CC4)CC3)c(=O)n(-c3cccc(C(F)(F)F)c3)n2C)cc1. The summed E-state index contributed by atoms with van der Waals surface area (Å²) in [6, 6.07) is 12.2. The lowest BCUT2D eigenvalue weighted by atomic mass is 9.86. The number of aromatic nitrogens is 4. The lowest BCUT2D eigenvalue weighted by Gasteiger charge is -2.37. The van der Waals surface area contributed by atoms with E-state index in [1.54, 1.807) is 30.3 Å². The molecule has 1 saturated heterocycles. The molecule has 1 N–H and O–H groups in total. The van der Waals surface area contributed by atoms with Gasteiger partial charge in [-0.3, -0.25) is 19.1 Å². The van der Waals surface area contributed by atoms with Crippen molar-refractivity contribution in [2.45, 2.75) is 56.8 Å². The molecule has 0 spiro atoms. The minimum Gasteiger partial charge on any atom is -0.462 e. The molecule has 2 fully saturated rings. The molecule has 1 aliphatic carbocycles. The van der Waals surface area contributed by atoms with Crippen LogP contribution in [0.3, 0.4) is 0 Å². The van der Waals surface area contributed by atoms with Gasteiger partial charge < -0.3 is 14.5 Å². The van der Waals surface area contributed by atoms with Gasteiger partial charge in [0, 0.05) is 25.9 Å². The third-order valence-electron chi connectivity index (χ3n) is 9.81. The van der Waals surface area contributed by atoms with E-state index in [0.29, 0.717) is 42.8 Å². The van der Waals surface area contributed by atoms with E-state index in [9.17, 15) is 27.6 Å². The van der Waals surface area contributed by atoms with Crippen LogP contribution in [0.4, 0.5) is 18.9 Å². The van der Waals surface area contributed by atoms with Crippen molar-refractivity contribution in [3.63, 3.8) is 0 Å². The monoisotopic (exact) mass is 690 g/mol. The Bertz CT molecular complexity index is 1980. The second-order valence-electron chi connectivity index (χ2n) is 13.7. The van der Waals surface area contributed by atoms with E-state index < -0.39 is 23.2 Å². The number of likely N-dealkylation sites (tertiary alicyclic amines) is 1. The van der Waals surface area contributed by atoms with E-state index in [1.807, 2.05) is 0 Å². The Balaban J connectivity index is 1.28. The van der Waals surface area contributed by atoms with Crippen LogP contribution < -0.4 is 10.9 Å². The van der Waals surface area contributed by atoms with Gasteiger partial charge in [0.05, 0.1) is 68.5 Å². The molecule has 3 heterocycles. The number of rotatable bonds is 7. The average molecular weight is 691 g/mol. The molecule has 11 nitrogen and oxygen atoms in total. The molecule has 1 aliphatic heterocycles. The minimum atomic E-state index is -4.65. The number of ether oxygens (including phenoxy) is 1. The first-order valence-corrected chi connectivity index (χ1v) is 16.6. The van der Waals surface area contributed by atoms with Crippen LogP contribution in [0.5, 0.6) is 0 Å². The normalized spacial score (nSPS) is 19.5. The van der Waals surface area contributed by atoms with Crippen LogP contribution in [-0.2, 0) is 22.8 Å². The van der Waals surface area contributed by atoms with Gasteiger partial charge in [0.15, 0.2) is 5.69 Å². The van der Waals surface area contributed by atoms with Crippen LogP contribution in [0.2, 0.25) is 0 Å². The highest BCUT2D eigenvalue weighted by molar-refractivity contribution is 6.00. The Labute approximate surface area is 287 Å². The summed E-state index contributed by atoms with van der Waals surface area (Å²) in [5, 5.41) is 7.36. The summed E-state index contributed by atoms with van der Waals surface area (Å²) < 4.78 is 51.7. The van der Waals surface area contributed by atoms with E-state index in [0.717, 1.165) is 47.2 Å². The van der Waals surface area contributed by atoms with Crippen LogP contribution in [-0.4, -0.2) is 74.8 Å². The van der Waals surface area contributed by atoms with Crippen molar-refractivity contribution in [1.82, 2.24) is 24.5 Å². The molecule has 1 saturated carbocycles. The molecule has 1 amide bonds. The molecule has 14 heteroatoms. The van der Waals surface area contributed by atoms with Crippen LogP contribution >= 0.6 is 0 Å². The lowest BCUT2D eigenvalue weighted by molar-refractivity contribution is -0.896. The van der Waals surface area contributed by atoms with E-state index in [2.05, 4.69) is 29.4 Å². The number of piperidine rings is 1. The zero-order valence-electron chi connectivity index (χ0n) is 28.1. The third-order valence-corrected chi connectivity index (χ3v) is 9.81. The second-order valence-corrected chi connectivity index (χ2v) is 13.7. The van der Waals surface area contributed by atoms with Gasteiger partial charge in [-0.2, -0.15) is 18.3 Å². The predicted molar refractivity (Wildman–Crippen MR) is 179 cm³/mol. The Morgan fingerprint density at radius 2 is 1.66 bits per heavy atom. The zero-order valence-corrected chi connectivity index (χ0v) is 28.1. The van der Waals surface area contributed by atoms with E-state index in [4.69, 9.17) is 11.3 Å². The number of carbonyl (C=O) groups excluding carboxylic acids is 2. The first kappa shape index (κ1) is 34.7. The number of quaternary nitrogens is 1. The average Bonchev–Trinajstić information content (AvgIpc) is 3.67. The molecule has 2 aliphatic rings. The molecule has 2 aromatic heterocycles. The summed E-state index contributed by atoms with van der Waals surface area (Å²) in [5.74, 6) is -1.17. The van der Waals surface area contributed by atoms with Crippen LogP contribution in [0.25, 0.3) is 27.6 Å². The molecule has 2 aromatic carbocycles. The van der Waals surface area contributed by atoms with Gasteiger partial charge in [-0.1, -0.05) is 18.2 Å².